The Morgan fingerprint density at radius 1 is 1.55 bits per heavy atom. The molecule has 1 fully saturated rings. The van der Waals surface area contributed by atoms with Crippen LogP contribution in [0.4, 0.5) is 5.00 Å². The highest BCUT2D eigenvalue weighted by molar-refractivity contribution is 7.80. The molecule has 0 spiro atoms. The minimum absolute atomic E-state index is 0.148. The van der Waals surface area contributed by atoms with E-state index < -0.39 is 0 Å². The maximum absolute atomic E-state index is 5.36. The summed E-state index contributed by atoms with van der Waals surface area (Å²) in [6, 6.07) is 4.33. The molecular weight excluding hydrogens is 320 g/mol. The summed E-state index contributed by atoms with van der Waals surface area (Å²) in [5.41, 5.74) is 2.82. The predicted octanol–water partition coefficient (Wildman–Crippen LogP) is 1.42. The average molecular weight is 342 g/mol. The van der Waals surface area contributed by atoms with E-state index in [1.165, 1.54) is 5.00 Å². The molecule has 122 valence electrons. The second-order valence-corrected chi connectivity index (χ2v) is 6.48. The van der Waals surface area contributed by atoms with Gasteiger partial charge in [-0.1, -0.05) is 0 Å². The molecule has 0 aromatic carbocycles. The van der Waals surface area contributed by atoms with Crippen LogP contribution in [0.2, 0.25) is 0 Å². The summed E-state index contributed by atoms with van der Waals surface area (Å²) in [7, 11) is 1.66. The topological polar surface area (TPSA) is 58.1 Å². The normalized spacial score (nSPS) is 16.7. The molecule has 0 radical (unpaired) electrons. The Morgan fingerprint density at radius 3 is 3.05 bits per heavy atom. The van der Waals surface area contributed by atoms with Crippen LogP contribution < -0.4 is 15.6 Å². The molecule has 8 heteroatoms. The van der Waals surface area contributed by atoms with Crippen LogP contribution in [0.25, 0.3) is 0 Å². The highest BCUT2D eigenvalue weighted by atomic mass is 32.1. The number of anilines is 1. The summed E-state index contributed by atoms with van der Waals surface area (Å²) in [6.45, 7) is 6.07. The highest BCUT2D eigenvalue weighted by Crippen LogP contribution is 2.25. The number of nitrogens with zero attached hydrogens (tertiary/aromatic N) is 2. The summed E-state index contributed by atoms with van der Waals surface area (Å²) in [5.74, 6) is 0. The first-order chi connectivity index (χ1) is 10.7. The third kappa shape index (κ3) is 5.53. The summed E-state index contributed by atoms with van der Waals surface area (Å²) in [4.78, 5) is 3.42. The fourth-order valence-electron chi connectivity index (χ4n) is 2.07. The molecule has 1 saturated heterocycles. The van der Waals surface area contributed by atoms with Crippen molar-refractivity contribution in [2.24, 2.45) is 5.10 Å². The lowest BCUT2D eigenvalue weighted by molar-refractivity contribution is 0.123. The molecule has 1 aliphatic heterocycles. The van der Waals surface area contributed by atoms with Crippen molar-refractivity contribution >= 4 is 39.9 Å². The molecule has 1 aromatic heterocycles. The van der Waals surface area contributed by atoms with Crippen molar-refractivity contribution in [3.05, 3.63) is 17.0 Å². The maximum Gasteiger partial charge on any atom is 0.187 e. The Kier molecular flexibility index (Phi) is 7.04. The zero-order chi connectivity index (χ0) is 15.8. The number of morpholine rings is 1. The molecule has 6 nitrogen and oxygen atoms in total. The zero-order valence-electron chi connectivity index (χ0n) is 12.9. The van der Waals surface area contributed by atoms with E-state index in [1.54, 1.807) is 24.7 Å². The number of thiocarbonyl (C=S) groups is 1. The molecule has 0 unspecified atom stereocenters. The molecule has 22 heavy (non-hydrogen) atoms. The fourth-order valence-corrected chi connectivity index (χ4v) is 3.25. The Bertz CT molecular complexity index is 501. The largest absolute Gasteiger partial charge is 0.383 e. The number of nitrogens with one attached hydrogen (secondary N) is 2. The van der Waals surface area contributed by atoms with Gasteiger partial charge in [-0.2, -0.15) is 5.10 Å². The van der Waals surface area contributed by atoms with Crippen molar-refractivity contribution in [2.45, 2.75) is 13.0 Å². The first kappa shape index (κ1) is 17.1. The predicted molar refractivity (Wildman–Crippen MR) is 95.2 cm³/mol. The lowest BCUT2D eigenvalue weighted by atomic mass is 10.4. The van der Waals surface area contributed by atoms with Gasteiger partial charge in [0.25, 0.3) is 0 Å². The van der Waals surface area contributed by atoms with E-state index in [1.807, 2.05) is 6.92 Å². The average Bonchev–Trinajstić information content (AvgIpc) is 2.97. The van der Waals surface area contributed by atoms with Gasteiger partial charge in [0.1, 0.15) is 0 Å². The van der Waals surface area contributed by atoms with Gasteiger partial charge in [-0.3, -0.25) is 5.43 Å². The highest BCUT2D eigenvalue weighted by Gasteiger charge is 2.12. The van der Waals surface area contributed by atoms with Gasteiger partial charge in [-0.25, -0.2) is 0 Å². The van der Waals surface area contributed by atoms with Gasteiger partial charge in [0.05, 0.1) is 31.0 Å². The molecule has 1 aliphatic rings. The van der Waals surface area contributed by atoms with E-state index in [9.17, 15) is 0 Å². The lowest BCUT2D eigenvalue weighted by Gasteiger charge is -2.27. The van der Waals surface area contributed by atoms with Crippen LogP contribution in [-0.4, -0.2) is 57.4 Å². The van der Waals surface area contributed by atoms with Crippen molar-refractivity contribution in [1.82, 2.24) is 10.7 Å². The first-order valence-corrected chi connectivity index (χ1v) is 8.42. The maximum atomic E-state index is 5.36. The Morgan fingerprint density at radius 2 is 2.32 bits per heavy atom. The summed E-state index contributed by atoms with van der Waals surface area (Å²) in [5, 5.41) is 8.99. The molecule has 2 heterocycles. The number of rotatable bonds is 6. The Labute approximate surface area is 140 Å². The number of thiophene rings is 1. The van der Waals surface area contributed by atoms with E-state index >= 15 is 0 Å². The van der Waals surface area contributed by atoms with E-state index in [-0.39, 0.29) is 6.04 Å². The number of ether oxygens (including phenoxy) is 2. The van der Waals surface area contributed by atoms with Crippen LogP contribution in [0.1, 0.15) is 11.8 Å². The fraction of sp³-hybridized carbons (Fsp3) is 0.571. The number of hydrazone groups is 1. The third-order valence-corrected chi connectivity index (χ3v) is 4.38. The molecule has 2 rings (SSSR count). The smallest absolute Gasteiger partial charge is 0.187 e. The molecule has 2 N–H and O–H groups in total. The summed E-state index contributed by atoms with van der Waals surface area (Å²) < 4.78 is 10.4. The van der Waals surface area contributed by atoms with Crippen molar-refractivity contribution in [2.75, 3.05) is 44.9 Å². The van der Waals surface area contributed by atoms with Crippen molar-refractivity contribution in [1.29, 1.82) is 0 Å². The Hall–Kier alpha value is -1.22. The van der Waals surface area contributed by atoms with Gasteiger partial charge in [0, 0.05) is 31.1 Å². The van der Waals surface area contributed by atoms with E-state index in [0.29, 0.717) is 11.7 Å². The number of methoxy groups -OCH3 is 1. The van der Waals surface area contributed by atoms with E-state index in [2.05, 4.69) is 32.9 Å². The minimum atomic E-state index is 0.148. The zero-order valence-corrected chi connectivity index (χ0v) is 14.5. The van der Waals surface area contributed by atoms with Crippen LogP contribution >= 0.6 is 23.6 Å². The van der Waals surface area contributed by atoms with Gasteiger partial charge in [-0.05, 0) is 31.3 Å². The number of hydrogen-bond acceptors (Lipinski definition) is 6. The third-order valence-electron chi connectivity index (χ3n) is 3.09. The molecule has 0 bridgehead atoms. The standard InChI is InChI=1S/C14H22N4O2S2/c1-11(10-19-2)16-14(21)17-15-9-12-3-4-13(22-12)18-5-7-20-8-6-18/h3-4,9,11H,5-8,10H2,1-2H3,(H2,16,17,21)/b15-9-/t11-/m0/s1. The SMILES string of the molecule is COC[C@H](C)NC(=S)N/N=C\c1ccc(N2CCOCC2)s1. The van der Waals surface area contributed by atoms with Gasteiger partial charge in [0.15, 0.2) is 5.11 Å². The summed E-state index contributed by atoms with van der Waals surface area (Å²) >= 11 is 6.87. The number of hydrogen-bond donors (Lipinski definition) is 2. The van der Waals surface area contributed by atoms with Crippen LogP contribution in [0.15, 0.2) is 17.2 Å². The molecule has 1 aromatic rings. The van der Waals surface area contributed by atoms with E-state index in [4.69, 9.17) is 21.7 Å². The summed E-state index contributed by atoms with van der Waals surface area (Å²) in [6.07, 6.45) is 1.78. The van der Waals surface area contributed by atoms with Crippen molar-refractivity contribution in [3.8, 4) is 0 Å². The van der Waals surface area contributed by atoms with Crippen molar-refractivity contribution < 1.29 is 9.47 Å². The van der Waals surface area contributed by atoms with Gasteiger partial charge in [0.2, 0.25) is 0 Å². The van der Waals surface area contributed by atoms with Crippen molar-refractivity contribution in [3.63, 3.8) is 0 Å². The molecule has 0 amide bonds. The minimum Gasteiger partial charge on any atom is -0.383 e. The second-order valence-electron chi connectivity index (χ2n) is 4.98. The monoisotopic (exact) mass is 342 g/mol. The van der Waals surface area contributed by atoms with Crippen LogP contribution in [0.3, 0.4) is 0 Å². The van der Waals surface area contributed by atoms with Crippen LogP contribution in [0.5, 0.6) is 0 Å². The van der Waals surface area contributed by atoms with Crippen LogP contribution in [0, 0.1) is 0 Å². The van der Waals surface area contributed by atoms with Crippen LogP contribution in [-0.2, 0) is 9.47 Å². The molecule has 0 saturated carbocycles. The molecule has 0 aliphatic carbocycles. The lowest BCUT2D eigenvalue weighted by Crippen LogP contribution is -2.40. The second kappa shape index (κ2) is 9.04. The Balaban J connectivity index is 1.78. The molecular formula is C14H22N4O2S2. The van der Waals surface area contributed by atoms with Gasteiger partial charge >= 0.3 is 0 Å². The molecule has 1 atom stereocenters. The van der Waals surface area contributed by atoms with Gasteiger partial charge < -0.3 is 19.7 Å². The van der Waals surface area contributed by atoms with Gasteiger partial charge in [-0.15, -0.1) is 11.3 Å². The van der Waals surface area contributed by atoms with E-state index in [0.717, 1.165) is 31.2 Å². The first-order valence-electron chi connectivity index (χ1n) is 7.20. The quantitative estimate of drug-likeness (QED) is 0.463.